The number of phenols is 2. The van der Waals surface area contributed by atoms with Gasteiger partial charge in [0, 0.05) is 5.56 Å². The lowest BCUT2D eigenvalue weighted by Gasteiger charge is -2.04. The number of hydrogen-bond acceptors (Lipinski definition) is 4. The summed E-state index contributed by atoms with van der Waals surface area (Å²) in [6.45, 7) is -0.166. The molecule has 5 heteroatoms. The number of rotatable bonds is 2. The summed E-state index contributed by atoms with van der Waals surface area (Å²) < 4.78 is 0.308. The number of nitrogens with zero attached hydrogens (tertiary/aromatic N) is 1. The van der Waals surface area contributed by atoms with Gasteiger partial charge in [0.15, 0.2) is 0 Å². The van der Waals surface area contributed by atoms with Crippen LogP contribution in [0.3, 0.4) is 0 Å². The minimum absolute atomic E-state index is 0.0218. The minimum atomic E-state index is -0.166. The van der Waals surface area contributed by atoms with Crippen molar-refractivity contribution in [3.63, 3.8) is 0 Å². The molecule has 0 aliphatic rings. The van der Waals surface area contributed by atoms with E-state index in [1.165, 1.54) is 12.1 Å². The first-order chi connectivity index (χ1) is 5.66. The Balaban J connectivity index is 3.22. The van der Waals surface area contributed by atoms with Crippen molar-refractivity contribution in [2.24, 2.45) is 5.18 Å². The number of hydrogen-bond donors (Lipinski definition) is 2. The Morgan fingerprint density at radius 2 is 1.92 bits per heavy atom. The van der Waals surface area contributed by atoms with Gasteiger partial charge in [0.25, 0.3) is 0 Å². The second-order valence-corrected chi connectivity index (χ2v) is 2.98. The van der Waals surface area contributed by atoms with E-state index in [0.29, 0.717) is 10.0 Å². The summed E-state index contributed by atoms with van der Waals surface area (Å²) in [4.78, 5) is 9.93. The summed E-state index contributed by atoms with van der Waals surface area (Å²) in [7, 11) is 0. The molecule has 1 rings (SSSR count). The van der Waals surface area contributed by atoms with Crippen molar-refractivity contribution >= 4 is 15.9 Å². The zero-order chi connectivity index (χ0) is 9.14. The fourth-order valence-corrected chi connectivity index (χ4v) is 1.27. The summed E-state index contributed by atoms with van der Waals surface area (Å²) in [6.07, 6.45) is 0. The molecule has 0 spiro atoms. The molecule has 0 saturated heterocycles. The molecular weight excluding hydrogens is 226 g/mol. The first-order valence-corrected chi connectivity index (χ1v) is 3.94. The molecule has 2 N–H and O–H groups in total. The number of halogens is 1. The zero-order valence-electron chi connectivity index (χ0n) is 5.99. The molecule has 0 radical (unpaired) electrons. The highest BCUT2D eigenvalue weighted by Crippen LogP contribution is 2.33. The highest BCUT2D eigenvalue weighted by atomic mass is 79.9. The predicted molar refractivity (Wildman–Crippen MR) is 47.0 cm³/mol. The third kappa shape index (κ3) is 1.55. The van der Waals surface area contributed by atoms with Gasteiger partial charge in [0.2, 0.25) is 0 Å². The van der Waals surface area contributed by atoms with Crippen LogP contribution in [0.4, 0.5) is 0 Å². The summed E-state index contributed by atoms with van der Waals surface area (Å²) in [5.41, 5.74) is 0.296. The molecule has 0 amide bonds. The second kappa shape index (κ2) is 3.53. The third-order valence-corrected chi connectivity index (χ3v) is 2.31. The van der Waals surface area contributed by atoms with Gasteiger partial charge in [-0.3, -0.25) is 0 Å². The van der Waals surface area contributed by atoms with Gasteiger partial charge in [-0.2, -0.15) is 4.91 Å². The van der Waals surface area contributed by atoms with E-state index < -0.39 is 0 Å². The molecule has 12 heavy (non-hydrogen) atoms. The standard InChI is InChI=1S/C7H6BrNO3/c8-7-4(3-9-12)5(10)1-2-6(7)11/h1-2,10-11H,3H2. The van der Waals surface area contributed by atoms with Crippen LogP contribution in [0.1, 0.15) is 5.56 Å². The second-order valence-electron chi connectivity index (χ2n) is 2.18. The van der Waals surface area contributed by atoms with Crippen molar-refractivity contribution in [3.8, 4) is 11.5 Å². The molecule has 1 aromatic carbocycles. The van der Waals surface area contributed by atoms with Gasteiger partial charge in [0.1, 0.15) is 18.0 Å². The maximum atomic E-state index is 9.93. The van der Waals surface area contributed by atoms with E-state index in [9.17, 15) is 10.0 Å². The Labute approximate surface area is 76.9 Å². The van der Waals surface area contributed by atoms with Gasteiger partial charge in [-0.1, -0.05) is 5.18 Å². The lowest BCUT2D eigenvalue weighted by atomic mass is 10.2. The quantitative estimate of drug-likeness (QED) is 0.606. The van der Waals surface area contributed by atoms with Gasteiger partial charge in [-0.25, -0.2) is 0 Å². The van der Waals surface area contributed by atoms with Crippen LogP contribution in [-0.2, 0) is 6.54 Å². The topological polar surface area (TPSA) is 69.9 Å². The Morgan fingerprint density at radius 3 is 2.50 bits per heavy atom. The number of phenolic OH excluding ortho intramolecular Hbond substituents is 2. The molecule has 0 atom stereocenters. The first-order valence-electron chi connectivity index (χ1n) is 3.15. The van der Waals surface area contributed by atoms with Gasteiger partial charge >= 0.3 is 0 Å². The largest absolute Gasteiger partial charge is 0.508 e. The van der Waals surface area contributed by atoms with Crippen LogP contribution in [0.15, 0.2) is 21.8 Å². The van der Waals surface area contributed by atoms with E-state index in [1.807, 2.05) is 0 Å². The Hall–Kier alpha value is -1.10. The number of aromatic hydroxyl groups is 2. The highest BCUT2D eigenvalue weighted by molar-refractivity contribution is 9.10. The smallest absolute Gasteiger partial charge is 0.130 e. The van der Waals surface area contributed by atoms with Crippen LogP contribution in [-0.4, -0.2) is 10.2 Å². The summed E-state index contributed by atoms with van der Waals surface area (Å²) in [5, 5.41) is 21.0. The molecule has 0 fully saturated rings. The summed E-state index contributed by atoms with van der Waals surface area (Å²) in [6, 6.07) is 2.63. The lowest BCUT2D eigenvalue weighted by molar-refractivity contribution is 0.451. The fourth-order valence-electron chi connectivity index (χ4n) is 0.814. The van der Waals surface area contributed by atoms with Gasteiger partial charge < -0.3 is 10.2 Å². The van der Waals surface area contributed by atoms with E-state index in [-0.39, 0.29) is 18.0 Å². The molecule has 0 aliphatic carbocycles. The fraction of sp³-hybridized carbons (Fsp3) is 0.143. The molecule has 0 heterocycles. The van der Waals surface area contributed by atoms with E-state index in [4.69, 9.17) is 5.11 Å². The van der Waals surface area contributed by atoms with Crippen molar-refractivity contribution in [2.45, 2.75) is 6.54 Å². The Bertz CT molecular complexity index is 314. The van der Waals surface area contributed by atoms with Crippen LogP contribution >= 0.6 is 15.9 Å². The van der Waals surface area contributed by atoms with Gasteiger partial charge in [-0.15, -0.1) is 0 Å². The molecule has 0 aromatic heterocycles. The number of nitroso groups, excluding NO2 is 1. The molecule has 64 valence electrons. The van der Waals surface area contributed by atoms with E-state index in [1.54, 1.807) is 0 Å². The van der Waals surface area contributed by atoms with Crippen molar-refractivity contribution in [3.05, 3.63) is 27.1 Å². The van der Waals surface area contributed by atoms with Crippen molar-refractivity contribution in [1.29, 1.82) is 0 Å². The maximum absolute atomic E-state index is 9.93. The van der Waals surface area contributed by atoms with Gasteiger partial charge in [0.05, 0.1) is 4.47 Å². The monoisotopic (exact) mass is 231 g/mol. The molecular formula is C7H6BrNO3. The van der Waals surface area contributed by atoms with E-state index >= 15 is 0 Å². The van der Waals surface area contributed by atoms with Crippen molar-refractivity contribution < 1.29 is 10.2 Å². The molecule has 0 saturated carbocycles. The molecule has 4 nitrogen and oxygen atoms in total. The Kier molecular flexibility index (Phi) is 2.65. The third-order valence-electron chi connectivity index (χ3n) is 1.42. The average Bonchev–Trinajstić information content (AvgIpc) is 2.06. The molecule has 0 bridgehead atoms. The zero-order valence-corrected chi connectivity index (χ0v) is 7.58. The summed E-state index contributed by atoms with van der Waals surface area (Å²) in [5.74, 6) is -0.0780. The predicted octanol–water partition coefficient (Wildman–Crippen LogP) is 2.13. The summed E-state index contributed by atoms with van der Waals surface area (Å²) >= 11 is 3.02. The SMILES string of the molecule is O=NCc1c(O)ccc(O)c1Br. The lowest BCUT2D eigenvalue weighted by Crippen LogP contribution is -1.84. The van der Waals surface area contributed by atoms with Crippen LogP contribution in [0.25, 0.3) is 0 Å². The normalized spacial score (nSPS) is 9.75. The van der Waals surface area contributed by atoms with E-state index in [2.05, 4.69) is 21.1 Å². The minimum Gasteiger partial charge on any atom is -0.508 e. The average molecular weight is 232 g/mol. The highest BCUT2D eigenvalue weighted by Gasteiger charge is 2.09. The molecule has 0 aliphatic heterocycles. The number of benzene rings is 1. The van der Waals surface area contributed by atoms with E-state index in [0.717, 1.165) is 0 Å². The molecule has 0 unspecified atom stereocenters. The van der Waals surface area contributed by atoms with Crippen LogP contribution in [0, 0.1) is 4.91 Å². The maximum Gasteiger partial charge on any atom is 0.130 e. The molecule has 1 aromatic rings. The van der Waals surface area contributed by atoms with Crippen molar-refractivity contribution in [2.75, 3.05) is 0 Å². The van der Waals surface area contributed by atoms with Crippen LogP contribution in [0.5, 0.6) is 11.5 Å². The van der Waals surface area contributed by atoms with Crippen molar-refractivity contribution in [1.82, 2.24) is 0 Å². The van der Waals surface area contributed by atoms with Gasteiger partial charge in [-0.05, 0) is 28.1 Å². The van der Waals surface area contributed by atoms with Crippen LogP contribution in [0.2, 0.25) is 0 Å². The first kappa shape index (κ1) is 8.99. The Morgan fingerprint density at radius 1 is 1.33 bits per heavy atom. The van der Waals surface area contributed by atoms with Crippen LogP contribution < -0.4 is 0 Å².